The molecule has 0 fully saturated rings. The Bertz CT molecular complexity index is 1790. The molecule has 0 spiro atoms. The van der Waals surface area contributed by atoms with E-state index in [1.165, 1.54) is 18.2 Å². The van der Waals surface area contributed by atoms with Gasteiger partial charge >= 0.3 is 0 Å². The van der Waals surface area contributed by atoms with Gasteiger partial charge < -0.3 is 36.4 Å². The Kier molecular flexibility index (Phi) is 10.2. The first kappa shape index (κ1) is 33.1. The summed E-state index contributed by atoms with van der Waals surface area (Å²) in [7, 11) is 0. The number of phenols is 4. The molecule has 0 unspecified atom stereocenters. The average molecular weight is 646 g/mol. The molecule has 5 aromatic carbocycles. The minimum Gasteiger partial charge on any atom is -0.504 e. The number of carbonyl (C=O) groups excluding carboxylic acids is 3. The lowest BCUT2D eigenvalue weighted by Crippen LogP contribution is -2.53. The summed E-state index contributed by atoms with van der Waals surface area (Å²) >= 11 is 0. The lowest BCUT2D eigenvalue weighted by molar-refractivity contribution is -0.128. The van der Waals surface area contributed by atoms with Crippen molar-refractivity contribution in [2.75, 3.05) is 6.54 Å². The summed E-state index contributed by atoms with van der Waals surface area (Å²) in [5, 5.41) is 47.6. The molecule has 0 saturated heterocycles. The summed E-state index contributed by atoms with van der Waals surface area (Å²) in [6.45, 7) is 0.0962. The Balaban J connectivity index is 1.44. The Morgan fingerprint density at radius 3 is 1.60 bits per heavy atom. The van der Waals surface area contributed by atoms with E-state index in [0.717, 1.165) is 28.8 Å². The number of hydrogen-bond donors (Lipinski definition) is 7. The van der Waals surface area contributed by atoms with E-state index in [4.69, 9.17) is 0 Å². The van der Waals surface area contributed by atoms with Crippen LogP contribution in [0.3, 0.4) is 0 Å². The topological polar surface area (TPSA) is 168 Å². The molecule has 5 aromatic rings. The zero-order chi connectivity index (χ0) is 34.1. The van der Waals surface area contributed by atoms with Gasteiger partial charge in [0.2, 0.25) is 11.8 Å². The number of hydrogen-bond acceptors (Lipinski definition) is 7. The number of phenolic OH excluding ortho intramolecular Hbond substituents is 4. The van der Waals surface area contributed by atoms with Gasteiger partial charge in [-0.2, -0.15) is 0 Å². The van der Waals surface area contributed by atoms with Crippen LogP contribution in [-0.4, -0.2) is 50.7 Å². The first-order chi connectivity index (χ1) is 23.2. The van der Waals surface area contributed by atoms with E-state index < -0.39 is 47.2 Å². The molecular weight excluding hydrogens is 610 g/mol. The van der Waals surface area contributed by atoms with Gasteiger partial charge in [-0.05, 0) is 59.0 Å². The number of rotatable bonds is 12. The van der Waals surface area contributed by atoms with E-state index in [-0.39, 0.29) is 30.0 Å². The van der Waals surface area contributed by atoms with Gasteiger partial charge in [-0.1, -0.05) is 97.1 Å². The normalized spacial score (nSPS) is 11.7. The molecule has 10 nitrogen and oxygen atoms in total. The Labute approximate surface area is 277 Å². The van der Waals surface area contributed by atoms with Gasteiger partial charge in [0, 0.05) is 12.1 Å². The highest BCUT2D eigenvalue weighted by Crippen LogP contribution is 2.37. The largest absolute Gasteiger partial charge is 0.504 e. The molecule has 0 aromatic heterocycles. The second-order valence-electron chi connectivity index (χ2n) is 11.2. The summed E-state index contributed by atoms with van der Waals surface area (Å²) in [5.41, 5.74) is 1.78. The van der Waals surface area contributed by atoms with Gasteiger partial charge in [-0.15, -0.1) is 0 Å². The van der Waals surface area contributed by atoms with Crippen molar-refractivity contribution in [3.8, 4) is 23.0 Å². The third kappa shape index (κ3) is 7.56. The molecule has 0 aliphatic carbocycles. The molecule has 0 bridgehead atoms. The zero-order valence-corrected chi connectivity index (χ0v) is 25.8. The molecule has 244 valence electrons. The molecule has 48 heavy (non-hydrogen) atoms. The fourth-order valence-corrected chi connectivity index (χ4v) is 5.52. The molecule has 10 heteroatoms. The van der Waals surface area contributed by atoms with Gasteiger partial charge in [-0.3, -0.25) is 14.4 Å². The highest BCUT2D eigenvalue weighted by molar-refractivity contribution is 5.99. The highest BCUT2D eigenvalue weighted by atomic mass is 16.3. The van der Waals surface area contributed by atoms with E-state index in [9.17, 15) is 34.8 Å². The van der Waals surface area contributed by atoms with E-state index >= 15 is 0 Å². The van der Waals surface area contributed by atoms with Crippen LogP contribution in [0.1, 0.15) is 39.0 Å². The minimum absolute atomic E-state index is 0.0321. The highest BCUT2D eigenvalue weighted by Gasteiger charge is 2.39. The molecule has 0 aliphatic heterocycles. The van der Waals surface area contributed by atoms with Crippen LogP contribution in [0.4, 0.5) is 0 Å². The SMILES string of the molecule is O=C(C[C@H](NC(=O)c1ccc(O)c(O)c1)C(=O)NCCc1ccc(O)c(O)c1)NC(c1ccccc1)(c1ccccc1)c1ccccc1. The number of nitrogens with one attached hydrogen (secondary N) is 3. The average Bonchev–Trinajstić information content (AvgIpc) is 3.10. The van der Waals surface area contributed by atoms with Crippen molar-refractivity contribution in [3.05, 3.63) is 155 Å². The van der Waals surface area contributed by atoms with E-state index in [2.05, 4.69) is 16.0 Å². The van der Waals surface area contributed by atoms with Crippen LogP contribution < -0.4 is 16.0 Å². The molecule has 0 radical (unpaired) electrons. The molecule has 0 saturated carbocycles. The van der Waals surface area contributed by atoms with Crippen LogP contribution in [0.5, 0.6) is 23.0 Å². The molecule has 0 aliphatic rings. The van der Waals surface area contributed by atoms with Crippen molar-refractivity contribution in [2.45, 2.75) is 24.4 Å². The first-order valence-corrected chi connectivity index (χ1v) is 15.3. The summed E-state index contributed by atoms with van der Waals surface area (Å²) in [4.78, 5) is 40.9. The number of aromatic hydroxyl groups is 4. The van der Waals surface area contributed by atoms with Crippen molar-refractivity contribution in [1.29, 1.82) is 0 Å². The Hall–Kier alpha value is -6.29. The van der Waals surface area contributed by atoms with Crippen LogP contribution in [0, 0.1) is 0 Å². The van der Waals surface area contributed by atoms with E-state index in [0.29, 0.717) is 5.56 Å². The molecular formula is C38H35N3O7. The van der Waals surface area contributed by atoms with Gasteiger partial charge in [0.25, 0.3) is 5.91 Å². The smallest absolute Gasteiger partial charge is 0.252 e. The van der Waals surface area contributed by atoms with Crippen molar-refractivity contribution in [3.63, 3.8) is 0 Å². The quantitative estimate of drug-likeness (QED) is 0.0776. The summed E-state index contributed by atoms with van der Waals surface area (Å²) in [6.07, 6.45) is -0.159. The molecule has 1 atom stereocenters. The second kappa shape index (κ2) is 14.9. The van der Waals surface area contributed by atoms with Gasteiger partial charge in [0.1, 0.15) is 11.6 Å². The Morgan fingerprint density at radius 2 is 1.10 bits per heavy atom. The lowest BCUT2D eigenvalue weighted by Gasteiger charge is -2.37. The molecule has 7 N–H and O–H groups in total. The third-order valence-electron chi connectivity index (χ3n) is 7.95. The van der Waals surface area contributed by atoms with Crippen LogP contribution in [0.15, 0.2) is 127 Å². The lowest BCUT2D eigenvalue weighted by atomic mass is 9.77. The van der Waals surface area contributed by atoms with Gasteiger partial charge in [-0.25, -0.2) is 0 Å². The maximum atomic E-state index is 14.1. The summed E-state index contributed by atoms with van der Waals surface area (Å²) in [5.74, 6) is -3.43. The summed E-state index contributed by atoms with van der Waals surface area (Å²) in [6, 6.07) is 34.8. The Morgan fingerprint density at radius 1 is 0.604 bits per heavy atom. The zero-order valence-electron chi connectivity index (χ0n) is 25.8. The maximum absolute atomic E-state index is 14.1. The van der Waals surface area contributed by atoms with Crippen LogP contribution in [0.2, 0.25) is 0 Å². The number of benzene rings is 5. The predicted molar refractivity (Wildman–Crippen MR) is 179 cm³/mol. The van der Waals surface area contributed by atoms with E-state index in [1.807, 2.05) is 91.0 Å². The third-order valence-corrected chi connectivity index (χ3v) is 7.95. The van der Waals surface area contributed by atoms with Crippen LogP contribution in [0.25, 0.3) is 0 Å². The van der Waals surface area contributed by atoms with Gasteiger partial charge in [0.15, 0.2) is 23.0 Å². The number of carbonyl (C=O) groups is 3. The predicted octanol–water partition coefficient (Wildman–Crippen LogP) is 4.46. The number of amides is 3. The van der Waals surface area contributed by atoms with Crippen molar-refractivity contribution >= 4 is 17.7 Å². The van der Waals surface area contributed by atoms with Crippen LogP contribution in [-0.2, 0) is 21.5 Å². The fourth-order valence-electron chi connectivity index (χ4n) is 5.52. The maximum Gasteiger partial charge on any atom is 0.252 e. The van der Waals surface area contributed by atoms with Crippen molar-refractivity contribution in [2.24, 2.45) is 0 Å². The molecule has 3 amide bonds. The minimum atomic E-state index is -1.35. The first-order valence-electron chi connectivity index (χ1n) is 15.3. The standard InChI is InChI=1S/C38H35N3O7/c42-31-18-16-25(22-33(31)44)20-21-39-37(48)30(40-36(47)26-17-19-32(43)34(45)23-26)24-35(46)41-38(27-10-4-1-5-11-27,28-12-6-2-7-13-28)29-14-8-3-9-15-29/h1-19,22-23,30,42-45H,20-21,24H2,(H,39,48)(H,40,47)(H,41,46)/t30-/m0/s1. The molecule has 5 rings (SSSR count). The monoisotopic (exact) mass is 645 g/mol. The van der Waals surface area contributed by atoms with E-state index in [1.54, 1.807) is 6.07 Å². The summed E-state index contributed by atoms with van der Waals surface area (Å²) < 4.78 is 0. The van der Waals surface area contributed by atoms with Crippen LogP contribution >= 0.6 is 0 Å². The van der Waals surface area contributed by atoms with Crippen molar-refractivity contribution < 1.29 is 34.8 Å². The second-order valence-corrected chi connectivity index (χ2v) is 11.2. The van der Waals surface area contributed by atoms with Gasteiger partial charge in [0.05, 0.1) is 6.42 Å². The fraction of sp³-hybridized carbons (Fsp3) is 0.132. The molecule has 0 heterocycles. The van der Waals surface area contributed by atoms with Crippen molar-refractivity contribution in [1.82, 2.24) is 16.0 Å².